The monoisotopic (exact) mass is 287 g/mol. The third-order valence-electron chi connectivity index (χ3n) is 5.08. The first-order chi connectivity index (χ1) is 9.97. The van der Waals surface area contributed by atoms with E-state index in [1.165, 1.54) is 48.9 Å². The molecule has 1 aromatic rings. The van der Waals surface area contributed by atoms with Crippen LogP contribution in [0.25, 0.3) is 0 Å². The zero-order valence-corrected chi connectivity index (χ0v) is 14.6. The van der Waals surface area contributed by atoms with E-state index in [0.717, 1.165) is 24.3 Å². The quantitative estimate of drug-likeness (QED) is 0.791. The third kappa shape index (κ3) is 4.57. The zero-order valence-electron chi connectivity index (χ0n) is 14.6. The molecule has 2 atom stereocenters. The third-order valence-corrected chi connectivity index (χ3v) is 5.08. The minimum Gasteiger partial charge on any atom is -0.316 e. The maximum Gasteiger partial charge on any atom is -0.00176 e. The van der Waals surface area contributed by atoms with Gasteiger partial charge in [0.2, 0.25) is 0 Å². The van der Waals surface area contributed by atoms with Crippen LogP contribution in [0.15, 0.2) is 12.1 Å². The van der Waals surface area contributed by atoms with E-state index in [1.807, 2.05) is 0 Å². The summed E-state index contributed by atoms with van der Waals surface area (Å²) in [6, 6.07) is 4.70. The second-order valence-electron chi connectivity index (χ2n) is 7.58. The van der Waals surface area contributed by atoms with E-state index in [4.69, 9.17) is 0 Å². The van der Waals surface area contributed by atoms with Gasteiger partial charge in [-0.05, 0) is 87.6 Å². The summed E-state index contributed by atoms with van der Waals surface area (Å²) in [7, 11) is 0. The average Bonchev–Trinajstić information content (AvgIpc) is 2.80. The minimum atomic E-state index is 0.756. The van der Waals surface area contributed by atoms with E-state index in [0.29, 0.717) is 0 Å². The Bertz CT molecular complexity index is 438. The molecular weight excluding hydrogens is 254 g/mol. The van der Waals surface area contributed by atoms with Gasteiger partial charge in [0.15, 0.2) is 0 Å². The lowest BCUT2D eigenvalue weighted by Crippen LogP contribution is -2.29. The Hall–Kier alpha value is -0.820. The minimum absolute atomic E-state index is 0.756. The average molecular weight is 287 g/mol. The van der Waals surface area contributed by atoms with E-state index in [-0.39, 0.29) is 0 Å². The van der Waals surface area contributed by atoms with Crippen LogP contribution in [0.4, 0.5) is 0 Å². The Morgan fingerprint density at radius 1 is 1.05 bits per heavy atom. The molecule has 21 heavy (non-hydrogen) atoms. The molecule has 0 aliphatic heterocycles. The van der Waals surface area contributed by atoms with Crippen molar-refractivity contribution in [3.63, 3.8) is 0 Å². The summed E-state index contributed by atoms with van der Waals surface area (Å²) in [6.45, 7) is 13.7. The number of benzene rings is 1. The molecule has 0 aromatic heterocycles. The Balaban J connectivity index is 1.98. The smallest absolute Gasteiger partial charge is 0.00176 e. The van der Waals surface area contributed by atoms with Crippen LogP contribution < -0.4 is 5.32 Å². The molecule has 1 N–H and O–H groups in total. The molecule has 1 fully saturated rings. The summed E-state index contributed by atoms with van der Waals surface area (Å²) >= 11 is 0. The molecule has 1 saturated carbocycles. The van der Waals surface area contributed by atoms with Crippen LogP contribution in [0.1, 0.15) is 55.4 Å². The summed E-state index contributed by atoms with van der Waals surface area (Å²) in [5, 5.41) is 3.68. The van der Waals surface area contributed by atoms with Crippen molar-refractivity contribution < 1.29 is 0 Å². The summed E-state index contributed by atoms with van der Waals surface area (Å²) < 4.78 is 0. The second-order valence-corrected chi connectivity index (χ2v) is 7.58. The first kappa shape index (κ1) is 16.5. The van der Waals surface area contributed by atoms with E-state index >= 15 is 0 Å². The lowest BCUT2D eigenvalue weighted by Gasteiger charge is -2.23. The Labute approximate surface area is 131 Å². The zero-order chi connectivity index (χ0) is 15.4. The summed E-state index contributed by atoms with van der Waals surface area (Å²) in [5.41, 5.74) is 6.00. The molecule has 0 heterocycles. The summed E-state index contributed by atoms with van der Waals surface area (Å²) in [6.07, 6.45) is 5.54. The highest BCUT2D eigenvalue weighted by atomic mass is 14.9. The normalized spacial score (nSPS) is 22.2. The summed E-state index contributed by atoms with van der Waals surface area (Å²) in [4.78, 5) is 0. The highest BCUT2D eigenvalue weighted by Gasteiger charge is 2.27. The largest absolute Gasteiger partial charge is 0.316 e. The molecule has 0 spiro atoms. The molecule has 0 saturated heterocycles. The first-order valence-corrected chi connectivity index (χ1v) is 8.74. The number of aryl methyl sites for hydroxylation is 3. The second kappa shape index (κ2) is 7.45. The van der Waals surface area contributed by atoms with Gasteiger partial charge in [0.1, 0.15) is 0 Å². The van der Waals surface area contributed by atoms with Gasteiger partial charge >= 0.3 is 0 Å². The van der Waals surface area contributed by atoms with E-state index in [9.17, 15) is 0 Å². The molecule has 0 amide bonds. The molecule has 1 aromatic carbocycles. The van der Waals surface area contributed by atoms with E-state index in [1.54, 1.807) is 5.56 Å². The van der Waals surface area contributed by atoms with Gasteiger partial charge in [-0.15, -0.1) is 0 Å². The van der Waals surface area contributed by atoms with Gasteiger partial charge in [0.05, 0.1) is 0 Å². The molecule has 0 radical (unpaired) electrons. The number of nitrogens with one attached hydrogen (secondary N) is 1. The standard InChI is InChI=1S/C20H33N/c1-14(2)12-21-13-19-8-6-7-18(19)11-20-16(4)9-15(3)10-17(20)5/h9-10,14,18-19,21H,6-8,11-13H2,1-5H3. The van der Waals surface area contributed by atoms with Gasteiger partial charge in [-0.2, -0.15) is 0 Å². The molecular formula is C20H33N. The lowest BCUT2D eigenvalue weighted by molar-refractivity contribution is 0.356. The van der Waals surface area contributed by atoms with Crippen molar-refractivity contribution in [2.24, 2.45) is 17.8 Å². The predicted octanol–water partition coefficient (Wildman–Crippen LogP) is 4.82. The molecule has 118 valence electrons. The maximum atomic E-state index is 3.68. The highest BCUT2D eigenvalue weighted by molar-refractivity contribution is 5.37. The number of hydrogen-bond acceptors (Lipinski definition) is 1. The van der Waals surface area contributed by atoms with Crippen LogP contribution >= 0.6 is 0 Å². The molecule has 1 heteroatoms. The molecule has 1 nitrogen and oxygen atoms in total. The molecule has 0 bridgehead atoms. The van der Waals surface area contributed by atoms with Crippen LogP contribution in [-0.2, 0) is 6.42 Å². The van der Waals surface area contributed by atoms with Gasteiger partial charge in [-0.3, -0.25) is 0 Å². The molecule has 2 unspecified atom stereocenters. The molecule has 1 aliphatic carbocycles. The first-order valence-electron chi connectivity index (χ1n) is 8.74. The molecule has 1 aliphatic rings. The van der Waals surface area contributed by atoms with Crippen molar-refractivity contribution in [2.45, 2.75) is 60.3 Å². The Morgan fingerprint density at radius 3 is 2.29 bits per heavy atom. The predicted molar refractivity (Wildman–Crippen MR) is 92.9 cm³/mol. The lowest BCUT2D eigenvalue weighted by atomic mass is 9.85. The van der Waals surface area contributed by atoms with Crippen molar-refractivity contribution in [2.75, 3.05) is 13.1 Å². The van der Waals surface area contributed by atoms with E-state index < -0.39 is 0 Å². The van der Waals surface area contributed by atoms with Crippen molar-refractivity contribution in [1.29, 1.82) is 0 Å². The van der Waals surface area contributed by atoms with Gasteiger partial charge < -0.3 is 5.32 Å². The maximum absolute atomic E-state index is 3.68. The van der Waals surface area contributed by atoms with Crippen LogP contribution in [0, 0.1) is 38.5 Å². The van der Waals surface area contributed by atoms with Crippen molar-refractivity contribution in [1.82, 2.24) is 5.32 Å². The summed E-state index contributed by atoms with van der Waals surface area (Å²) in [5.74, 6) is 2.51. The SMILES string of the molecule is Cc1cc(C)c(CC2CCCC2CNCC(C)C)c(C)c1. The number of rotatable bonds is 6. The van der Waals surface area contributed by atoms with Crippen molar-refractivity contribution >= 4 is 0 Å². The Morgan fingerprint density at radius 2 is 1.67 bits per heavy atom. The van der Waals surface area contributed by atoms with Crippen LogP contribution in [0.3, 0.4) is 0 Å². The van der Waals surface area contributed by atoms with Gasteiger partial charge in [-0.1, -0.05) is 38.0 Å². The van der Waals surface area contributed by atoms with Crippen LogP contribution in [0.2, 0.25) is 0 Å². The fourth-order valence-electron chi connectivity index (χ4n) is 4.00. The fourth-order valence-corrected chi connectivity index (χ4v) is 4.00. The van der Waals surface area contributed by atoms with Crippen LogP contribution in [-0.4, -0.2) is 13.1 Å². The fraction of sp³-hybridized carbons (Fsp3) is 0.700. The van der Waals surface area contributed by atoms with Crippen LogP contribution in [0.5, 0.6) is 0 Å². The topological polar surface area (TPSA) is 12.0 Å². The highest BCUT2D eigenvalue weighted by Crippen LogP contribution is 2.35. The number of hydrogen-bond donors (Lipinski definition) is 1. The van der Waals surface area contributed by atoms with Gasteiger partial charge in [0.25, 0.3) is 0 Å². The van der Waals surface area contributed by atoms with Crippen molar-refractivity contribution in [3.8, 4) is 0 Å². The van der Waals surface area contributed by atoms with Crippen molar-refractivity contribution in [3.05, 3.63) is 34.4 Å². The van der Waals surface area contributed by atoms with Gasteiger partial charge in [-0.25, -0.2) is 0 Å². The Kier molecular flexibility index (Phi) is 5.87. The van der Waals surface area contributed by atoms with E-state index in [2.05, 4.69) is 52.1 Å². The van der Waals surface area contributed by atoms with Gasteiger partial charge in [0, 0.05) is 0 Å². The molecule has 2 rings (SSSR count).